The van der Waals surface area contributed by atoms with Gasteiger partial charge in [-0.25, -0.2) is 0 Å². The Hall–Kier alpha value is -1.69. The molecule has 5 nitrogen and oxygen atoms in total. The zero-order valence-electron chi connectivity index (χ0n) is 13.0. The summed E-state index contributed by atoms with van der Waals surface area (Å²) in [7, 11) is 5.17. The Balaban J connectivity index is 2.10. The van der Waals surface area contributed by atoms with E-state index in [4.69, 9.17) is 9.47 Å². The minimum atomic E-state index is -0.289. The molecule has 0 spiro atoms. The third kappa shape index (κ3) is 3.69. The molecule has 2 aromatic rings. The fourth-order valence-electron chi connectivity index (χ4n) is 2.45. The van der Waals surface area contributed by atoms with E-state index >= 15 is 0 Å². The second kappa shape index (κ2) is 6.85. The molecule has 2 rings (SSSR count). The number of nitrogens with one attached hydrogen (secondary N) is 2. The number of Topliss-reactive ketones (excluding diaryl/α,β-unsaturated/α-hetero) is 1. The van der Waals surface area contributed by atoms with Gasteiger partial charge in [-0.3, -0.25) is 4.79 Å². The molecule has 0 bridgehead atoms. The van der Waals surface area contributed by atoms with Crippen LogP contribution in [0.1, 0.15) is 15.9 Å². The Bertz CT molecular complexity index is 617. The van der Waals surface area contributed by atoms with Crippen LogP contribution in [0, 0.1) is 6.92 Å². The third-order valence-corrected chi connectivity index (χ3v) is 3.64. The highest BCUT2D eigenvalue weighted by Gasteiger charge is 2.19. The van der Waals surface area contributed by atoms with Gasteiger partial charge in [0.05, 0.1) is 7.05 Å². The Morgan fingerprint density at radius 1 is 1.33 bits per heavy atom. The number of H-pyrrole nitrogens is 1. The molecule has 5 heteroatoms. The number of ketones is 1. The molecule has 2 N–H and O–H groups in total. The molecule has 0 aliphatic rings. The van der Waals surface area contributed by atoms with Crippen LogP contribution in [0.15, 0.2) is 24.4 Å². The van der Waals surface area contributed by atoms with E-state index in [0.29, 0.717) is 13.1 Å². The molecule has 1 aromatic heterocycles. The van der Waals surface area contributed by atoms with Crippen molar-refractivity contribution in [3.63, 3.8) is 0 Å². The molecular weight excluding hydrogens is 268 g/mol. The largest absolute Gasteiger partial charge is 0.360 e. The summed E-state index contributed by atoms with van der Waals surface area (Å²) in [5, 5.41) is 0.989. The maximum atomic E-state index is 12.5. The molecule has 0 saturated carbocycles. The summed E-state index contributed by atoms with van der Waals surface area (Å²) in [5.74, 6) is 0.121. The molecule has 0 amide bonds. The van der Waals surface area contributed by atoms with Gasteiger partial charge in [-0.05, 0) is 19.1 Å². The van der Waals surface area contributed by atoms with Crippen molar-refractivity contribution in [2.24, 2.45) is 0 Å². The highest BCUT2D eigenvalue weighted by molar-refractivity contribution is 6.08. The van der Waals surface area contributed by atoms with Gasteiger partial charge in [-0.15, -0.1) is 0 Å². The number of quaternary nitrogens is 1. The fraction of sp³-hybridized carbons (Fsp3) is 0.438. The number of hydrogen-bond acceptors (Lipinski definition) is 3. The maximum Gasteiger partial charge on any atom is 0.218 e. The summed E-state index contributed by atoms with van der Waals surface area (Å²) in [6.07, 6.45) is 1.51. The number of aryl methyl sites for hydroxylation is 1. The van der Waals surface area contributed by atoms with Crippen molar-refractivity contribution in [2.75, 3.05) is 34.4 Å². The lowest BCUT2D eigenvalue weighted by Crippen LogP contribution is -3.11. The van der Waals surface area contributed by atoms with Crippen molar-refractivity contribution in [1.82, 2.24) is 4.98 Å². The first-order chi connectivity index (χ1) is 10.0. The van der Waals surface area contributed by atoms with Gasteiger partial charge in [0.15, 0.2) is 0 Å². The van der Waals surface area contributed by atoms with E-state index in [9.17, 15) is 4.79 Å². The zero-order valence-corrected chi connectivity index (χ0v) is 13.0. The van der Waals surface area contributed by atoms with Gasteiger partial charge in [-0.2, -0.15) is 0 Å². The highest BCUT2D eigenvalue weighted by atomic mass is 16.7. The fourth-order valence-corrected chi connectivity index (χ4v) is 2.45. The number of fused-ring (bicyclic) bond motifs is 1. The van der Waals surface area contributed by atoms with Crippen LogP contribution in [0.2, 0.25) is 0 Å². The van der Waals surface area contributed by atoms with Gasteiger partial charge in [-0.1, -0.05) is 11.6 Å². The molecule has 0 radical (unpaired) electrons. The van der Waals surface area contributed by atoms with E-state index in [-0.39, 0.29) is 12.1 Å². The van der Waals surface area contributed by atoms with Crippen molar-refractivity contribution in [1.29, 1.82) is 0 Å². The van der Waals surface area contributed by atoms with Crippen molar-refractivity contribution in [3.8, 4) is 0 Å². The van der Waals surface area contributed by atoms with Gasteiger partial charge in [0.25, 0.3) is 0 Å². The molecular formula is C16H23N2O3+. The lowest BCUT2D eigenvalue weighted by molar-refractivity contribution is -0.877. The molecule has 1 atom stereocenters. The first kappa shape index (κ1) is 15.7. The van der Waals surface area contributed by atoms with Crippen LogP contribution in [0.4, 0.5) is 0 Å². The molecule has 0 fully saturated rings. The Labute approximate surface area is 124 Å². The summed E-state index contributed by atoms with van der Waals surface area (Å²) in [5.41, 5.74) is 2.89. The van der Waals surface area contributed by atoms with Crippen molar-refractivity contribution in [2.45, 2.75) is 13.2 Å². The van der Waals surface area contributed by atoms with Crippen LogP contribution in [0.25, 0.3) is 10.9 Å². The number of hydrogen-bond donors (Lipinski definition) is 2. The van der Waals surface area contributed by atoms with Crippen molar-refractivity contribution in [3.05, 3.63) is 35.5 Å². The van der Waals surface area contributed by atoms with Crippen molar-refractivity contribution < 1.29 is 19.2 Å². The summed E-state index contributed by atoms with van der Waals surface area (Å²) in [4.78, 5) is 16.7. The number of carbonyl (C=O) groups is 1. The lowest BCUT2D eigenvalue weighted by Gasteiger charge is -2.18. The van der Waals surface area contributed by atoms with Crippen LogP contribution in [0.5, 0.6) is 0 Å². The molecule has 21 heavy (non-hydrogen) atoms. The number of carbonyl (C=O) groups excluding carboxylic acids is 1. The zero-order chi connectivity index (χ0) is 15.4. The Morgan fingerprint density at radius 2 is 2.05 bits per heavy atom. The predicted molar refractivity (Wildman–Crippen MR) is 81.8 cm³/mol. The quantitative estimate of drug-likeness (QED) is 0.586. The van der Waals surface area contributed by atoms with E-state index in [0.717, 1.165) is 26.9 Å². The predicted octanol–water partition coefficient (Wildman–Crippen LogP) is 0.793. The van der Waals surface area contributed by atoms with Crippen LogP contribution >= 0.6 is 0 Å². The van der Waals surface area contributed by atoms with Gasteiger partial charge in [0.1, 0.15) is 13.1 Å². The second-order valence-corrected chi connectivity index (χ2v) is 5.41. The maximum absolute atomic E-state index is 12.5. The van der Waals surface area contributed by atoms with Gasteiger partial charge in [0.2, 0.25) is 12.1 Å². The van der Waals surface area contributed by atoms with Crippen LogP contribution in [-0.2, 0) is 9.47 Å². The summed E-state index contributed by atoms with van der Waals surface area (Å²) in [6.45, 7) is 3.06. The SMILES string of the molecule is COC(C[NH+](C)CC(=O)c1c[nH]c2ccc(C)cc12)OC. The number of aromatic amines is 1. The summed E-state index contributed by atoms with van der Waals surface area (Å²) < 4.78 is 10.3. The smallest absolute Gasteiger partial charge is 0.218 e. The standard InChI is InChI=1S/C16H22N2O3/c1-11-5-6-14-12(7-11)13(8-17-14)15(19)9-18(2)10-16(20-3)21-4/h5-8,16-17H,9-10H2,1-4H3/p+1. The van der Waals surface area contributed by atoms with Crippen molar-refractivity contribution >= 4 is 16.7 Å². The van der Waals surface area contributed by atoms with E-state index in [1.54, 1.807) is 20.4 Å². The number of benzene rings is 1. The minimum absolute atomic E-state index is 0.121. The molecule has 0 aliphatic heterocycles. The third-order valence-electron chi connectivity index (χ3n) is 3.64. The van der Waals surface area contributed by atoms with Gasteiger partial charge in [0, 0.05) is 36.9 Å². The van der Waals surface area contributed by atoms with Crippen LogP contribution in [0.3, 0.4) is 0 Å². The van der Waals surface area contributed by atoms with Gasteiger partial charge >= 0.3 is 0 Å². The number of aromatic nitrogens is 1. The topological polar surface area (TPSA) is 55.8 Å². The van der Waals surface area contributed by atoms with Crippen LogP contribution < -0.4 is 4.90 Å². The Morgan fingerprint density at radius 3 is 2.71 bits per heavy atom. The second-order valence-electron chi connectivity index (χ2n) is 5.41. The van der Waals surface area contributed by atoms with E-state index in [1.165, 1.54) is 0 Å². The molecule has 1 unspecified atom stereocenters. The lowest BCUT2D eigenvalue weighted by atomic mass is 10.1. The normalized spacial score (nSPS) is 13.0. The number of methoxy groups -OCH3 is 2. The monoisotopic (exact) mass is 291 g/mol. The average molecular weight is 291 g/mol. The van der Waals surface area contributed by atoms with E-state index in [2.05, 4.69) is 4.98 Å². The highest BCUT2D eigenvalue weighted by Crippen LogP contribution is 2.19. The van der Waals surface area contributed by atoms with Gasteiger partial charge < -0.3 is 19.4 Å². The molecule has 1 heterocycles. The average Bonchev–Trinajstić information content (AvgIpc) is 2.87. The summed E-state index contributed by atoms with van der Waals surface area (Å²) >= 11 is 0. The molecule has 0 saturated heterocycles. The molecule has 0 aliphatic carbocycles. The number of likely N-dealkylation sites (N-methyl/N-ethyl adjacent to an activating group) is 1. The first-order valence-corrected chi connectivity index (χ1v) is 7.03. The Kier molecular flexibility index (Phi) is 5.12. The first-order valence-electron chi connectivity index (χ1n) is 7.03. The van der Waals surface area contributed by atoms with E-state index in [1.807, 2.05) is 32.2 Å². The number of ether oxygens (including phenoxy) is 2. The molecule has 1 aromatic carbocycles. The molecule has 114 valence electrons. The van der Waals surface area contributed by atoms with E-state index < -0.39 is 0 Å². The van der Waals surface area contributed by atoms with Crippen LogP contribution in [-0.4, -0.2) is 51.4 Å². The minimum Gasteiger partial charge on any atom is -0.360 e. The number of rotatable bonds is 7. The summed E-state index contributed by atoms with van der Waals surface area (Å²) in [6, 6.07) is 6.08.